The van der Waals surface area contributed by atoms with E-state index < -0.39 is 5.56 Å². The van der Waals surface area contributed by atoms with E-state index in [4.69, 9.17) is 0 Å². The fourth-order valence-electron chi connectivity index (χ4n) is 2.44. The first-order valence-corrected chi connectivity index (χ1v) is 9.61. The lowest BCUT2D eigenvalue weighted by atomic mass is 10.1. The summed E-state index contributed by atoms with van der Waals surface area (Å²) >= 11 is 2.40. The Bertz CT molecular complexity index is 1040. The number of fused-ring (bicyclic) bond motifs is 1. The molecule has 0 bridgehead atoms. The first kappa shape index (κ1) is 18.0. The maximum Gasteiger partial charge on any atom is 0.252 e. The van der Waals surface area contributed by atoms with Gasteiger partial charge in [0.25, 0.3) is 5.56 Å². The molecule has 26 heavy (non-hydrogen) atoms. The van der Waals surface area contributed by atoms with E-state index in [2.05, 4.69) is 10.3 Å². The maximum atomic E-state index is 12.0. The average Bonchev–Trinajstić information content (AvgIpc) is 2.98. The highest BCUT2D eigenvalue weighted by molar-refractivity contribution is 8.02. The SMILES string of the molecule is N#Cc1c(SCC(=O)NCCc2ccccc2)sc2c(O)cc(=O)[nH]c12. The van der Waals surface area contributed by atoms with Crippen LogP contribution in [0.15, 0.2) is 45.4 Å². The smallest absolute Gasteiger partial charge is 0.252 e. The molecular weight excluding hydrogens is 370 g/mol. The van der Waals surface area contributed by atoms with Gasteiger partial charge in [-0.05, 0) is 12.0 Å². The van der Waals surface area contributed by atoms with Crippen molar-refractivity contribution in [3.8, 4) is 11.8 Å². The van der Waals surface area contributed by atoms with Crippen molar-refractivity contribution in [2.75, 3.05) is 12.3 Å². The van der Waals surface area contributed by atoms with E-state index in [0.717, 1.165) is 18.1 Å². The summed E-state index contributed by atoms with van der Waals surface area (Å²) < 4.78 is 1.03. The largest absolute Gasteiger partial charge is 0.506 e. The third-order valence-corrected chi connectivity index (χ3v) is 6.13. The molecule has 3 aromatic rings. The second-order valence-corrected chi connectivity index (χ2v) is 7.74. The summed E-state index contributed by atoms with van der Waals surface area (Å²) in [5.74, 6) is -0.143. The van der Waals surface area contributed by atoms with Gasteiger partial charge in [0.2, 0.25) is 5.91 Å². The van der Waals surface area contributed by atoms with E-state index in [0.29, 0.717) is 21.0 Å². The molecular formula is C18H15N3O3S2. The van der Waals surface area contributed by atoms with Crippen molar-refractivity contribution in [3.63, 3.8) is 0 Å². The van der Waals surface area contributed by atoms with Gasteiger partial charge in [-0.25, -0.2) is 0 Å². The number of pyridine rings is 1. The van der Waals surface area contributed by atoms with E-state index in [1.165, 1.54) is 23.1 Å². The molecule has 3 N–H and O–H groups in total. The second-order valence-electron chi connectivity index (χ2n) is 5.47. The topological polar surface area (TPSA) is 106 Å². The maximum absolute atomic E-state index is 12.0. The van der Waals surface area contributed by atoms with E-state index in [1.54, 1.807) is 0 Å². The third kappa shape index (κ3) is 4.07. The number of H-pyrrole nitrogens is 1. The number of carbonyl (C=O) groups is 1. The molecule has 132 valence electrons. The predicted molar refractivity (Wildman–Crippen MR) is 103 cm³/mol. The van der Waals surface area contributed by atoms with E-state index in [1.807, 2.05) is 36.4 Å². The van der Waals surface area contributed by atoms with Crippen LogP contribution in [-0.4, -0.2) is 28.3 Å². The Labute approximate surface area is 157 Å². The highest BCUT2D eigenvalue weighted by Crippen LogP contribution is 2.39. The van der Waals surface area contributed by atoms with Crippen molar-refractivity contribution < 1.29 is 9.90 Å². The number of nitrogens with one attached hydrogen (secondary N) is 2. The number of thiophene rings is 1. The van der Waals surface area contributed by atoms with Crippen LogP contribution in [0.2, 0.25) is 0 Å². The van der Waals surface area contributed by atoms with Crippen molar-refractivity contribution in [1.29, 1.82) is 5.26 Å². The number of hydrogen-bond donors (Lipinski definition) is 3. The summed E-state index contributed by atoms with van der Waals surface area (Å²) in [6.45, 7) is 0.537. The highest BCUT2D eigenvalue weighted by atomic mass is 32.2. The second kappa shape index (κ2) is 8.08. The summed E-state index contributed by atoms with van der Waals surface area (Å²) in [5.41, 5.74) is 1.27. The lowest BCUT2D eigenvalue weighted by Crippen LogP contribution is -2.27. The Hall–Kier alpha value is -2.76. The van der Waals surface area contributed by atoms with Crippen molar-refractivity contribution in [2.45, 2.75) is 10.6 Å². The first-order chi connectivity index (χ1) is 12.6. The summed E-state index contributed by atoms with van der Waals surface area (Å²) in [6, 6.07) is 13.0. The Morgan fingerprint density at radius 3 is 2.85 bits per heavy atom. The molecule has 0 saturated carbocycles. The number of benzene rings is 1. The van der Waals surface area contributed by atoms with Gasteiger partial charge in [0.05, 0.1) is 20.2 Å². The number of rotatable bonds is 6. The minimum absolute atomic E-state index is 0.134. The minimum Gasteiger partial charge on any atom is -0.506 e. The van der Waals surface area contributed by atoms with Gasteiger partial charge >= 0.3 is 0 Å². The molecule has 0 radical (unpaired) electrons. The van der Waals surface area contributed by atoms with Gasteiger partial charge in [0.1, 0.15) is 17.4 Å². The Morgan fingerprint density at radius 1 is 1.35 bits per heavy atom. The summed E-state index contributed by atoms with van der Waals surface area (Å²) in [7, 11) is 0. The number of thioether (sulfide) groups is 1. The molecule has 0 atom stereocenters. The number of carbonyl (C=O) groups excluding carboxylic acids is 1. The van der Waals surface area contributed by atoms with Crippen LogP contribution >= 0.6 is 23.1 Å². The normalized spacial score (nSPS) is 10.6. The standard InChI is InChI=1S/C18H15N3O3S2/c19-9-12-16-17(13(22)8-14(23)21-16)26-18(12)25-10-15(24)20-7-6-11-4-2-1-3-5-11/h1-5,8H,6-7,10H2,(H,20,24)(H2,21,22,23). The zero-order valence-corrected chi connectivity index (χ0v) is 15.2. The molecule has 2 heterocycles. The number of nitriles is 1. The fourth-order valence-corrected chi connectivity index (χ4v) is 4.61. The van der Waals surface area contributed by atoms with Crippen LogP contribution in [0.25, 0.3) is 10.2 Å². The molecule has 1 amide bonds. The quantitative estimate of drug-likeness (QED) is 0.566. The number of aromatic amines is 1. The van der Waals surface area contributed by atoms with Crippen molar-refractivity contribution in [3.05, 3.63) is 57.9 Å². The van der Waals surface area contributed by atoms with Gasteiger partial charge in [0, 0.05) is 12.6 Å². The lowest BCUT2D eigenvalue weighted by molar-refractivity contribution is -0.118. The van der Waals surface area contributed by atoms with Gasteiger partial charge in [-0.1, -0.05) is 30.3 Å². The zero-order chi connectivity index (χ0) is 18.5. The average molecular weight is 385 g/mol. The molecule has 0 saturated heterocycles. The Kier molecular flexibility index (Phi) is 5.61. The molecule has 0 unspecified atom stereocenters. The number of aromatic hydroxyl groups is 1. The molecule has 0 aliphatic rings. The van der Waals surface area contributed by atoms with Gasteiger partial charge in [0.15, 0.2) is 0 Å². The minimum atomic E-state index is -0.473. The zero-order valence-electron chi connectivity index (χ0n) is 13.6. The Morgan fingerprint density at radius 2 is 2.12 bits per heavy atom. The fraction of sp³-hybridized carbons (Fsp3) is 0.167. The van der Waals surface area contributed by atoms with Gasteiger partial charge in [-0.3, -0.25) is 9.59 Å². The summed E-state index contributed by atoms with van der Waals surface area (Å²) in [5, 5.41) is 22.1. The summed E-state index contributed by atoms with van der Waals surface area (Å²) in [6.07, 6.45) is 0.749. The molecule has 2 aromatic heterocycles. The van der Waals surface area contributed by atoms with Gasteiger partial charge in [-0.15, -0.1) is 23.1 Å². The lowest BCUT2D eigenvalue weighted by Gasteiger charge is -2.04. The van der Waals surface area contributed by atoms with Crippen molar-refractivity contribution in [1.82, 2.24) is 10.3 Å². The molecule has 0 spiro atoms. The monoisotopic (exact) mass is 385 g/mol. The van der Waals surface area contributed by atoms with Crippen LogP contribution in [0, 0.1) is 11.3 Å². The molecule has 1 aromatic carbocycles. The van der Waals surface area contributed by atoms with E-state index in [9.17, 15) is 20.0 Å². The molecule has 6 nitrogen and oxygen atoms in total. The van der Waals surface area contributed by atoms with Crippen LogP contribution < -0.4 is 10.9 Å². The van der Waals surface area contributed by atoms with Crippen LogP contribution in [0.5, 0.6) is 5.75 Å². The summed E-state index contributed by atoms with van der Waals surface area (Å²) in [4.78, 5) is 26.1. The molecule has 0 aliphatic heterocycles. The van der Waals surface area contributed by atoms with Crippen molar-refractivity contribution >= 4 is 39.2 Å². The van der Waals surface area contributed by atoms with Crippen molar-refractivity contribution in [2.24, 2.45) is 0 Å². The number of amides is 1. The molecule has 8 heteroatoms. The van der Waals surface area contributed by atoms with Crippen LogP contribution in [0.3, 0.4) is 0 Å². The van der Waals surface area contributed by atoms with E-state index in [-0.39, 0.29) is 23.0 Å². The van der Waals surface area contributed by atoms with Gasteiger partial charge < -0.3 is 15.4 Å². The number of nitrogens with zero attached hydrogens (tertiary/aromatic N) is 1. The Balaban J connectivity index is 1.62. The van der Waals surface area contributed by atoms with Crippen LogP contribution in [0.4, 0.5) is 0 Å². The van der Waals surface area contributed by atoms with Crippen LogP contribution in [0.1, 0.15) is 11.1 Å². The molecule has 0 fully saturated rings. The third-order valence-electron chi connectivity index (χ3n) is 3.65. The van der Waals surface area contributed by atoms with Crippen LogP contribution in [-0.2, 0) is 11.2 Å². The van der Waals surface area contributed by atoms with E-state index >= 15 is 0 Å². The molecule has 3 rings (SSSR count). The number of aromatic nitrogens is 1. The predicted octanol–water partition coefficient (Wildman–Crippen LogP) is 2.62. The first-order valence-electron chi connectivity index (χ1n) is 7.81. The van der Waals surface area contributed by atoms with Gasteiger partial charge in [-0.2, -0.15) is 5.26 Å². The molecule has 0 aliphatic carbocycles. The number of hydrogen-bond acceptors (Lipinski definition) is 6. The highest BCUT2D eigenvalue weighted by Gasteiger charge is 2.17.